The molecule has 1 aliphatic rings. The van der Waals surface area contributed by atoms with E-state index < -0.39 is 23.5 Å². The summed E-state index contributed by atoms with van der Waals surface area (Å²) in [6.45, 7) is 5.33. The fraction of sp³-hybridized carbons (Fsp3) is 0.273. The maximum Gasteiger partial charge on any atom is 0.296 e. The van der Waals surface area contributed by atoms with Gasteiger partial charge in [0.25, 0.3) is 11.7 Å². The van der Waals surface area contributed by atoms with Gasteiger partial charge in [-0.15, -0.1) is 0 Å². The van der Waals surface area contributed by atoms with E-state index in [1.807, 2.05) is 18.7 Å². The van der Waals surface area contributed by atoms with Gasteiger partial charge in [-0.05, 0) is 43.4 Å². The number of nitrogens with zero attached hydrogens (tertiary/aromatic N) is 2. The molecule has 2 aromatic carbocycles. The van der Waals surface area contributed by atoms with Crippen molar-refractivity contribution >= 4 is 29.1 Å². The van der Waals surface area contributed by atoms with E-state index in [4.69, 9.17) is 11.6 Å². The van der Waals surface area contributed by atoms with Crippen molar-refractivity contribution in [3.8, 4) is 0 Å². The van der Waals surface area contributed by atoms with Crippen LogP contribution in [0.3, 0.4) is 0 Å². The summed E-state index contributed by atoms with van der Waals surface area (Å²) in [6.07, 6.45) is 0. The summed E-state index contributed by atoms with van der Waals surface area (Å²) < 4.78 is 14.7. The van der Waals surface area contributed by atoms with Gasteiger partial charge in [0.1, 0.15) is 11.6 Å². The summed E-state index contributed by atoms with van der Waals surface area (Å²) in [4.78, 5) is 29.0. The number of amides is 1. The van der Waals surface area contributed by atoms with Crippen molar-refractivity contribution in [3.63, 3.8) is 0 Å². The molecule has 1 N–H and O–H groups in total. The van der Waals surface area contributed by atoms with Crippen molar-refractivity contribution < 1.29 is 19.1 Å². The van der Waals surface area contributed by atoms with Crippen molar-refractivity contribution in [3.05, 3.63) is 76.1 Å². The second kappa shape index (κ2) is 8.76. The lowest BCUT2D eigenvalue weighted by Gasteiger charge is -2.30. The highest BCUT2D eigenvalue weighted by atomic mass is 35.5. The SMILES string of the molecule is CCN(CC)CN1C(=O)C(=O)/C(=C(/O)c2ccc(Cl)cc2)C1c1ccccc1F. The zero-order chi connectivity index (χ0) is 21.1. The van der Waals surface area contributed by atoms with E-state index in [1.54, 1.807) is 30.3 Å². The molecule has 152 valence electrons. The standard InChI is InChI=1S/C22H22ClFN2O3/c1-3-25(4-2)13-26-19(16-7-5-6-8-17(16)24)18(21(28)22(26)29)20(27)14-9-11-15(23)12-10-14/h5-12,19,27H,3-4,13H2,1-2H3/b20-18+. The van der Waals surface area contributed by atoms with Gasteiger partial charge in [0.15, 0.2) is 0 Å². The topological polar surface area (TPSA) is 60.9 Å². The minimum atomic E-state index is -1.02. The molecule has 0 spiro atoms. The Hall–Kier alpha value is -2.70. The number of carbonyl (C=O) groups is 2. The van der Waals surface area contributed by atoms with Crippen molar-refractivity contribution in [2.24, 2.45) is 0 Å². The maximum absolute atomic E-state index is 14.7. The molecule has 1 amide bonds. The van der Waals surface area contributed by atoms with Crippen LogP contribution in [-0.4, -0.2) is 46.4 Å². The van der Waals surface area contributed by atoms with Gasteiger partial charge in [-0.25, -0.2) is 4.39 Å². The third-order valence-corrected chi connectivity index (χ3v) is 5.36. The number of hydrogen-bond donors (Lipinski definition) is 1. The fourth-order valence-electron chi connectivity index (χ4n) is 3.45. The van der Waals surface area contributed by atoms with Gasteiger partial charge in [0.2, 0.25) is 0 Å². The third-order valence-electron chi connectivity index (χ3n) is 5.10. The van der Waals surface area contributed by atoms with E-state index >= 15 is 0 Å². The van der Waals surface area contributed by atoms with E-state index in [0.717, 1.165) is 0 Å². The van der Waals surface area contributed by atoms with Crippen molar-refractivity contribution in [2.45, 2.75) is 19.9 Å². The zero-order valence-corrected chi connectivity index (χ0v) is 17.0. The summed E-state index contributed by atoms with van der Waals surface area (Å²) in [6, 6.07) is 11.2. The molecule has 1 heterocycles. The predicted molar refractivity (Wildman–Crippen MR) is 110 cm³/mol. The molecule has 0 aromatic heterocycles. The first-order valence-electron chi connectivity index (χ1n) is 9.40. The number of likely N-dealkylation sites (tertiary alicyclic amines) is 1. The Morgan fingerprint density at radius 1 is 1.10 bits per heavy atom. The third kappa shape index (κ3) is 4.04. The van der Waals surface area contributed by atoms with Crippen LogP contribution >= 0.6 is 11.6 Å². The van der Waals surface area contributed by atoms with Gasteiger partial charge >= 0.3 is 0 Å². The number of aliphatic hydroxyl groups is 1. The molecule has 2 aromatic rings. The smallest absolute Gasteiger partial charge is 0.296 e. The normalized spacial score (nSPS) is 18.7. The van der Waals surface area contributed by atoms with Crippen molar-refractivity contribution in [1.29, 1.82) is 0 Å². The van der Waals surface area contributed by atoms with Gasteiger partial charge in [-0.1, -0.05) is 43.6 Å². The summed E-state index contributed by atoms with van der Waals surface area (Å²) in [7, 11) is 0. The van der Waals surface area contributed by atoms with E-state index in [-0.39, 0.29) is 23.6 Å². The first kappa shape index (κ1) is 21.0. The average Bonchev–Trinajstić information content (AvgIpc) is 2.97. The van der Waals surface area contributed by atoms with E-state index in [0.29, 0.717) is 23.7 Å². The predicted octanol–water partition coefficient (Wildman–Crippen LogP) is 4.20. The lowest BCUT2D eigenvalue weighted by molar-refractivity contribution is -0.141. The van der Waals surface area contributed by atoms with Crippen LogP contribution < -0.4 is 0 Å². The number of benzene rings is 2. The average molecular weight is 417 g/mol. The summed E-state index contributed by atoms with van der Waals surface area (Å²) >= 11 is 5.90. The molecule has 5 nitrogen and oxygen atoms in total. The van der Waals surface area contributed by atoms with E-state index in [1.165, 1.54) is 23.1 Å². The lowest BCUT2D eigenvalue weighted by Crippen LogP contribution is -2.40. The Labute approximate surface area is 174 Å². The van der Waals surface area contributed by atoms with Crippen LogP contribution in [0.15, 0.2) is 54.1 Å². The monoisotopic (exact) mass is 416 g/mol. The number of aliphatic hydroxyl groups excluding tert-OH is 1. The minimum Gasteiger partial charge on any atom is -0.507 e. The Balaban J connectivity index is 2.18. The number of ketones is 1. The largest absolute Gasteiger partial charge is 0.507 e. The highest BCUT2D eigenvalue weighted by Gasteiger charge is 2.47. The van der Waals surface area contributed by atoms with Gasteiger partial charge in [-0.3, -0.25) is 14.5 Å². The Morgan fingerprint density at radius 3 is 2.31 bits per heavy atom. The molecule has 29 heavy (non-hydrogen) atoms. The summed E-state index contributed by atoms with van der Waals surface area (Å²) in [5, 5.41) is 11.4. The molecule has 0 radical (unpaired) electrons. The quantitative estimate of drug-likeness (QED) is 0.435. The minimum absolute atomic E-state index is 0.130. The molecule has 0 aliphatic carbocycles. The van der Waals surface area contributed by atoms with Crippen LogP contribution in [0.5, 0.6) is 0 Å². The number of carbonyl (C=O) groups excluding carboxylic acids is 2. The molecule has 1 atom stereocenters. The van der Waals surface area contributed by atoms with Crippen LogP contribution in [-0.2, 0) is 9.59 Å². The summed E-state index contributed by atoms with van der Waals surface area (Å²) in [5.74, 6) is -2.50. The molecule has 0 saturated carbocycles. The van der Waals surface area contributed by atoms with Crippen molar-refractivity contribution in [1.82, 2.24) is 9.80 Å². The van der Waals surface area contributed by atoms with Crippen molar-refractivity contribution in [2.75, 3.05) is 19.8 Å². The first-order valence-corrected chi connectivity index (χ1v) is 9.77. The Kier molecular flexibility index (Phi) is 6.35. The molecule has 1 unspecified atom stereocenters. The van der Waals surface area contributed by atoms with Crippen LogP contribution in [0.1, 0.15) is 31.0 Å². The molecule has 1 fully saturated rings. The number of rotatable bonds is 6. The maximum atomic E-state index is 14.7. The molecule has 3 rings (SSSR count). The van der Waals surface area contributed by atoms with Gasteiger partial charge < -0.3 is 10.0 Å². The molecule has 0 bridgehead atoms. The van der Waals surface area contributed by atoms with Gasteiger partial charge in [-0.2, -0.15) is 0 Å². The number of Topliss-reactive ketones (excluding diaryl/α,β-unsaturated/α-hetero) is 1. The second-order valence-electron chi connectivity index (χ2n) is 6.74. The zero-order valence-electron chi connectivity index (χ0n) is 16.2. The highest BCUT2D eigenvalue weighted by Crippen LogP contribution is 2.40. The molecular formula is C22H22ClFN2O3. The van der Waals surface area contributed by atoms with Crippen LogP contribution in [0.2, 0.25) is 5.02 Å². The molecule has 1 aliphatic heterocycles. The van der Waals surface area contributed by atoms with E-state index in [2.05, 4.69) is 0 Å². The molecular weight excluding hydrogens is 395 g/mol. The number of hydrogen-bond acceptors (Lipinski definition) is 4. The van der Waals surface area contributed by atoms with Crippen LogP contribution in [0, 0.1) is 5.82 Å². The van der Waals surface area contributed by atoms with Crippen LogP contribution in [0.25, 0.3) is 5.76 Å². The highest BCUT2D eigenvalue weighted by molar-refractivity contribution is 6.46. The molecule has 1 saturated heterocycles. The molecule has 7 heteroatoms. The summed E-state index contributed by atoms with van der Waals surface area (Å²) in [5.41, 5.74) is 0.362. The first-order chi connectivity index (χ1) is 13.9. The Morgan fingerprint density at radius 2 is 1.72 bits per heavy atom. The second-order valence-corrected chi connectivity index (χ2v) is 7.18. The Bertz CT molecular complexity index is 955. The van der Waals surface area contributed by atoms with Gasteiger partial charge in [0.05, 0.1) is 18.3 Å². The number of halogens is 2. The fourth-order valence-corrected chi connectivity index (χ4v) is 3.57. The van der Waals surface area contributed by atoms with Gasteiger partial charge in [0, 0.05) is 16.1 Å². The lowest BCUT2D eigenvalue weighted by atomic mass is 9.95. The van der Waals surface area contributed by atoms with E-state index in [9.17, 15) is 19.1 Å². The van der Waals surface area contributed by atoms with Crippen LogP contribution in [0.4, 0.5) is 4.39 Å².